The molecule has 0 spiro atoms. The maximum absolute atomic E-state index is 5.61. The summed E-state index contributed by atoms with van der Waals surface area (Å²) in [5.74, 6) is 1.56. The third-order valence-electron chi connectivity index (χ3n) is 2.26. The van der Waals surface area contributed by atoms with Crippen LogP contribution in [0, 0.1) is 5.92 Å². The Kier molecular flexibility index (Phi) is 3.89. The summed E-state index contributed by atoms with van der Waals surface area (Å²) in [5, 5.41) is 0. The van der Waals surface area contributed by atoms with Crippen molar-refractivity contribution in [2.24, 2.45) is 11.7 Å². The number of aromatic nitrogens is 1. The zero-order valence-electron chi connectivity index (χ0n) is 9.20. The molecular weight excluding hydrogens is 174 g/mol. The third-order valence-corrected chi connectivity index (χ3v) is 2.26. The highest BCUT2D eigenvalue weighted by molar-refractivity contribution is 5.45. The van der Waals surface area contributed by atoms with Crippen LogP contribution >= 0.6 is 0 Å². The minimum atomic E-state index is 0.512. The summed E-state index contributed by atoms with van der Waals surface area (Å²) >= 11 is 0. The maximum atomic E-state index is 5.61. The average molecular weight is 193 g/mol. The summed E-state index contributed by atoms with van der Waals surface area (Å²) in [4.78, 5) is 6.39. The van der Waals surface area contributed by atoms with Crippen LogP contribution in [0.2, 0.25) is 0 Å². The minimum Gasteiger partial charge on any atom is -0.363 e. The fourth-order valence-corrected chi connectivity index (χ4v) is 1.45. The molecule has 78 valence electrons. The van der Waals surface area contributed by atoms with E-state index in [1.165, 1.54) is 5.56 Å². The molecule has 0 amide bonds. The van der Waals surface area contributed by atoms with Crippen molar-refractivity contribution in [3.63, 3.8) is 0 Å². The van der Waals surface area contributed by atoms with Gasteiger partial charge in [0.2, 0.25) is 0 Å². The largest absolute Gasteiger partial charge is 0.363 e. The molecular formula is C11H19N3. The smallest absolute Gasteiger partial charge is 0.131 e. The predicted octanol–water partition coefficient (Wildman–Crippen LogP) is 1.28. The summed E-state index contributed by atoms with van der Waals surface area (Å²) in [6.45, 7) is 2.88. The highest BCUT2D eigenvalue weighted by Gasteiger charge is 2.08. The van der Waals surface area contributed by atoms with E-state index in [1.54, 1.807) is 0 Å². The molecule has 0 radical (unpaired) electrons. The molecule has 0 saturated carbocycles. The monoisotopic (exact) mass is 193 g/mol. The SMILES string of the molecule is CC(CN)Cc1cccnc1N(C)C. The fraction of sp³-hybridized carbons (Fsp3) is 0.545. The van der Waals surface area contributed by atoms with Gasteiger partial charge in [0, 0.05) is 20.3 Å². The molecule has 1 aromatic rings. The Bertz CT molecular complexity index is 284. The van der Waals surface area contributed by atoms with Crippen LogP contribution in [0.3, 0.4) is 0 Å². The highest BCUT2D eigenvalue weighted by atomic mass is 15.1. The predicted molar refractivity (Wildman–Crippen MR) is 60.5 cm³/mol. The first-order valence-electron chi connectivity index (χ1n) is 4.96. The summed E-state index contributed by atoms with van der Waals surface area (Å²) < 4.78 is 0. The average Bonchev–Trinajstić information content (AvgIpc) is 2.18. The lowest BCUT2D eigenvalue weighted by molar-refractivity contribution is 0.591. The van der Waals surface area contributed by atoms with Gasteiger partial charge < -0.3 is 10.6 Å². The lowest BCUT2D eigenvalue weighted by Gasteiger charge is -2.17. The number of nitrogens with zero attached hydrogens (tertiary/aromatic N) is 2. The molecule has 0 aliphatic carbocycles. The number of rotatable bonds is 4. The first-order chi connectivity index (χ1) is 6.65. The van der Waals surface area contributed by atoms with E-state index in [9.17, 15) is 0 Å². The second-order valence-electron chi connectivity index (χ2n) is 3.93. The molecule has 0 saturated heterocycles. The van der Waals surface area contributed by atoms with Crippen molar-refractivity contribution in [2.75, 3.05) is 25.5 Å². The number of pyridine rings is 1. The fourth-order valence-electron chi connectivity index (χ4n) is 1.45. The number of hydrogen-bond acceptors (Lipinski definition) is 3. The van der Waals surface area contributed by atoms with Gasteiger partial charge in [-0.05, 0) is 30.5 Å². The van der Waals surface area contributed by atoms with Gasteiger partial charge in [-0.15, -0.1) is 0 Å². The van der Waals surface area contributed by atoms with Crippen molar-refractivity contribution in [2.45, 2.75) is 13.3 Å². The molecule has 3 nitrogen and oxygen atoms in total. The first kappa shape index (κ1) is 11.0. The van der Waals surface area contributed by atoms with E-state index in [0.717, 1.165) is 18.8 Å². The van der Waals surface area contributed by atoms with Crippen LogP contribution in [0.5, 0.6) is 0 Å². The number of anilines is 1. The first-order valence-corrected chi connectivity index (χ1v) is 4.96. The van der Waals surface area contributed by atoms with Gasteiger partial charge in [0.05, 0.1) is 0 Å². The summed E-state index contributed by atoms with van der Waals surface area (Å²) in [6.07, 6.45) is 2.82. The molecule has 1 atom stereocenters. The van der Waals surface area contributed by atoms with E-state index in [0.29, 0.717) is 5.92 Å². The van der Waals surface area contributed by atoms with Crippen molar-refractivity contribution < 1.29 is 0 Å². The molecule has 0 fully saturated rings. The van der Waals surface area contributed by atoms with Crippen molar-refractivity contribution in [1.82, 2.24) is 4.98 Å². The topological polar surface area (TPSA) is 42.1 Å². The Labute approximate surface area is 85.9 Å². The molecule has 0 aliphatic rings. The Hall–Kier alpha value is -1.09. The van der Waals surface area contributed by atoms with Crippen LogP contribution in [0.15, 0.2) is 18.3 Å². The normalized spacial score (nSPS) is 12.6. The Morgan fingerprint density at radius 3 is 2.79 bits per heavy atom. The van der Waals surface area contributed by atoms with Crippen LogP contribution in [0.4, 0.5) is 5.82 Å². The van der Waals surface area contributed by atoms with Gasteiger partial charge in [-0.1, -0.05) is 13.0 Å². The molecule has 0 aromatic carbocycles. The van der Waals surface area contributed by atoms with E-state index in [-0.39, 0.29) is 0 Å². The van der Waals surface area contributed by atoms with Crippen molar-refractivity contribution in [3.8, 4) is 0 Å². The van der Waals surface area contributed by atoms with Crippen LogP contribution in [-0.4, -0.2) is 25.6 Å². The Morgan fingerprint density at radius 2 is 2.21 bits per heavy atom. The minimum absolute atomic E-state index is 0.512. The van der Waals surface area contributed by atoms with Gasteiger partial charge >= 0.3 is 0 Å². The molecule has 0 aliphatic heterocycles. The van der Waals surface area contributed by atoms with E-state index in [1.807, 2.05) is 31.3 Å². The zero-order valence-corrected chi connectivity index (χ0v) is 9.20. The molecule has 1 heterocycles. The molecule has 1 aromatic heterocycles. The molecule has 0 bridgehead atoms. The Balaban J connectivity index is 2.84. The van der Waals surface area contributed by atoms with Gasteiger partial charge in [-0.3, -0.25) is 0 Å². The van der Waals surface area contributed by atoms with E-state index < -0.39 is 0 Å². The van der Waals surface area contributed by atoms with Gasteiger partial charge in [-0.2, -0.15) is 0 Å². The van der Waals surface area contributed by atoms with Crippen LogP contribution in [0.25, 0.3) is 0 Å². The quantitative estimate of drug-likeness (QED) is 0.783. The van der Waals surface area contributed by atoms with Crippen LogP contribution in [0.1, 0.15) is 12.5 Å². The summed E-state index contributed by atoms with van der Waals surface area (Å²) in [7, 11) is 4.03. The maximum Gasteiger partial charge on any atom is 0.131 e. The molecule has 3 heteroatoms. The molecule has 1 unspecified atom stereocenters. The molecule has 2 N–H and O–H groups in total. The van der Waals surface area contributed by atoms with E-state index in [4.69, 9.17) is 5.73 Å². The van der Waals surface area contributed by atoms with Crippen molar-refractivity contribution in [1.29, 1.82) is 0 Å². The standard InChI is InChI=1S/C11H19N3/c1-9(8-12)7-10-5-4-6-13-11(10)14(2)3/h4-6,9H,7-8,12H2,1-3H3. The lowest BCUT2D eigenvalue weighted by Crippen LogP contribution is -2.17. The van der Waals surface area contributed by atoms with Crippen molar-refractivity contribution >= 4 is 5.82 Å². The summed E-state index contributed by atoms with van der Waals surface area (Å²) in [5.41, 5.74) is 6.89. The highest BCUT2D eigenvalue weighted by Crippen LogP contribution is 2.17. The Morgan fingerprint density at radius 1 is 1.50 bits per heavy atom. The van der Waals surface area contributed by atoms with Gasteiger partial charge in [0.25, 0.3) is 0 Å². The third kappa shape index (κ3) is 2.70. The van der Waals surface area contributed by atoms with Gasteiger partial charge in [0.1, 0.15) is 5.82 Å². The second kappa shape index (κ2) is 4.96. The molecule has 1 rings (SSSR count). The van der Waals surface area contributed by atoms with Gasteiger partial charge in [-0.25, -0.2) is 4.98 Å². The van der Waals surface area contributed by atoms with E-state index >= 15 is 0 Å². The van der Waals surface area contributed by atoms with Crippen LogP contribution in [-0.2, 0) is 6.42 Å². The number of nitrogens with two attached hydrogens (primary N) is 1. The van der Waals surface area contributed by atoms with Gasteiger partial charge in [0.15, 0.2) is 0 Å². The van der Waals surface area contributed by atoms with E-state index in [2.05, 4.69) is 18.0 Å². The summed E-state index contributed by atoms with van der Waals surface area (Å²) in [6, 6.07) is 4.10. The molecule has 14 heavy (non-hydrogen) atoms. The van der Waals surface area contributed by atoms with Crippen molar-refractivity contribution in [3.05, 3.63) is 23.9 Å². The second-order valence-corrected chi connectivity index (χ2v) is 3.93. The lowest BCUT2D eigenvalue weighted by atomic mass is 10.0. The number of hydrogen-bond donors (Lipinski definition) is 1. The zero-order chi connectivity index (χ0) is 10.6. The van der Waals surface area contributed by atoms with Crippen LogP contribution < -0.4 is 10.6 Å².